The molecule has 0 aromatic heterocycles. The van der Waals surface area contributed by atoms with Crippen LogP contribution in [0.4, 0.5) is 14.5 Å². The summed E-state index contributed by atoms with van der Waals surface area (Å²) in [6.07, 6.45) is 0. The molecule has 1 atom stereocenters. The van der Waals surface area contributed by atoms with Gasteiger partial charge in [0.15, 0.2) is 0 Å². The van der Waals surface area contributed by atoms with E-state index in [0.29, 0.717) is 11.1 Å². The van der Waals surface area contributed by atoms with E-state index in [-0.39, 0.29) is 17.7 Å². The number of hydrogen-bond acceptors (Lipinski definition) is 1. The molecule has 0 heterocycles. The van der Waals surface area contributed by atoms with Crippen LogP contribution in [0, 0.1) is 18.6 Å². The molecule has 0 fully saturated rings. The highest BCUT2D eigenvalue weighted by Gasteiger charge is 2.13. The first kappa shape index (κ1) is 12.6. The Balaban J connectivity index is 2.24. The molecule has 0 spiro atoms. The molecular formula is C15H15F2N. The number of halogens is 2. The fourth-order valence-electron chi connectivity index (χ4n) is 1.86. The maximum Gasteiger partial charge on any atom is 0.128 e. The number of aryl methyl sites for hydroxylation is 1. The third-order valence-corrected chi connectivity index (χ3v) is 2.90. The highest BCUT2D eigenvalue weighted by Crippen LogP contribution is 2.23. The molecular weight excluding hydrogens is 232 g/mol. The van der Waals surface area contributed by atoms with Gasteiger partial charge in [0.2, 0.25) is 0 Å². The number of nitrogens with one attached hydrogen (secondary N) is 1. The van der Waals surface area contributed by atoms with Crippen LogP contribution in [0.15, 0.2) is 42.5 Å². The Morgan fingerprint density at radius 2 is 1.67 bits per heavy atom. The number of anilines is 1. The number of para-hydroxylation sites is 1. The SMILES string of the molecule is Cc1cc(F)c(C(C)Nc2ccccc2)cc1F. The first-order chi connectivity index (χ1) is 8.58. The third-order valence-electron chi connectivity index (χ3n) is 2.90. The maximum absolute atomic E-state index is 13.8. The van der Waals surface area contributed by atoms with Gasteiger partial charge in [0.25, 0.3) is 0 Å². The predicted octanol–water partition coefficient (Wildman–Crippen LogP) is 4.45. The van der Waals surface area contributed by atoms with E-state index < -0.39 is 0 Å². The minimum Gasteiger partial charge on any atom is -0.378 e. The molecule has 0 radical (unpaired) electrons. The molecule has 18 heavy (non-hydrogen) atoms. The second-order valence-electron chi connectivity index (χ2n) is 4.35. The largest absolute Gasteiger partial charge is 0.378 e. The molecule has 0 bridgehead atoms. The van der Waals surface area contributed by atoms with Crippen molar-refractivity contribution in [3.05, 3.63) is 65.2 Å². The van der Waals surface area contributed by atoms with Crippen LogP contribution >= 0.6 is 0 Å². The summed E-state index contributed by atoms with van der Waals surface area (Å²) in [5, 5.41) is 3.14. The van der Waals surface area contributed by atoms with Crippen LogP contribution in [0.1, 0.15) is 24.1 Å². The van der Waals surface area contributed by atoms with Crippen molar-refractivity contribution in [2.24, 2.45) is 0 Å². The molecule has 2 aromatic carbocycles. The lowest BCUT2D eigenvalue weighted by Gasteiger charge is -2.17. The van der Waals surface area contributed by atoms with Crippen molar-refractivity contribution < 1.29 is 8.78 Å². The van der Waals surface area contributed by atoms with Gasteiger partial charge in [0, 0.05) is 11.3 Å². The van der Waals surface area contributed by atoms with Gasteiger partial charge in [-0.2, -0.15) is 0 Å². The molecule has 1 unspecified atom stereocenters. The van der Waals surface area contributed by atoms with Gasteiger partial charge in [-0.1, -0.05) is 18.2 Å². The topological polar surface area (TPSA) is 12.0 Å². The second kappa shape index (κ2) is 5.17. The highest BCUT2D eigenvalue weighted by molar-refractivity contribution is 5.45. The van der Waals surface area contributed by atoms with Crippen LogP contribution in [0.25, 0.3) is 0 Å². The Hall–Kier alpha value is -1.90. The molecule has 0 aliphatic heterocycles. The van der Waals surface area contributed by atoms with Gasteiger partial charge in [0.05, 0.1) is 6.04 Å². The normalized spacial score (nSPS) is 12.2. The summed E-state index contributed by atoms with van der Waals surface area (Å²) >= 11 is 0. The fourth-order valence-corrected chi connectivity index (χ4v) is 1.86. The summed E-state index contributed by atoms with van der Waals surface area (Å²) in [7, 11) is 0. The van der Waals surface area contributed by atoms with Crippen LogP contribution in [0.5, 0.6) is 0 Å². The van der Waals surface area contributed by atoms with Gasteiger partial charge in [0.1, 0.15) is 11.6 Å². The first-order valence-electron chi connectivity index (χ1n) is 5.85. The van der Waals surface area contributed by atoms with Crippen molar-refractivity contribution in [1.82, 2.24) is 0 Å². The zero-order valence-electron chi connectivity index (χ0n) is 10.4. The van der Waals surface area contributed by atoms with Crippen molar-refractivity contribution in [2.45, 2.75) is 19.9 Å². The Bertz CT molecular complexity index is 538. The van der Waals surface area contributed by atoms with Crippen molar-refractivity contribution in [3.8, 4) is 0 Å². The van der Waals surface area contributed by atoms with Gasteiger partial charge in [-0.25, -0.2) is 8.78 Å². The standard InChI is InChI=1S/C15H15F2N/c1-10-8-15(17)13(9-14(10)16)11(2)18-12-6-4-3-5-7-12/h3-9,11,18H,1-2H3. The quantitative estimate of drug-likeness (QED) is 0.845. The van der Waals surface area contributed by atoms with Gasteiger partial charge >= 0.3 is 0 Å². The number of hydrogen-bond donors (Lipinski definition) is 1. The predicted molar refractivity (Wildman–Crippen MR) is 69.6 cm³/mol. The van der Waals surface area contributed by atoms with E-state index in [2.05, 4.69) is 5.32 Å². The Labute approximate surface area is 105 Å². The van der Waals surface area contributed by atoms with E-state index in [1.807, 2.05) is 30.3 Å². The summed E-state index contributed by atoms with van der Waals surface area (Å²) in [6.45, 7) is 3.36. The van der Waals surface area contributed by atoms with Crippen LogP contribution in [0.2, 0.25) is 0 Å². The fraction of sp³-hybridized carbons (Fsp3) is 0.200. The lowest BCUT2D eigenvalue weighted by molar-refractivity contribution is 0.571. The van der Waals surface area contributed by atoms with Crippen molar-refractivity contribution in [2.75, 3.05) is 5.32 Å². The van der Waals surface area contributed by atoms with Gasteiger partial charge in [-0.15, -0.1) is 0 Å². The number of rotatable bonds is 3. The molecule has 1 nitrogen and oxygen atoms in total. The second-order valence-corrected chi connectivity index (χ2v) is 4.35. The minimum absolute atomic E-state index is 0.289. The van der Waals surface area contributed by atoms with Crippen LogP contribution in [-0.2, 0) is 0 Å². The van der Waals surface area contributed by atoms with E-state index in [9.17, 15) is 8.78 Å². The Kier molecular flexibility index (Phi) is 3.60. The molecule has 94 valence electrons. The summed E-state index contributed by atoms with van der Waals surface area (Å²) in [5.41, 5.74) is 1.54. The van der Waals surface area contributed by atoms with Crippen molar-refractivity contribution >= 4 is 5.69 Å². The van der Waals surface area contributed by atoms with E-state index in [4.69, 9.17) is 0 Å². The van der Waals surface area contributed by atoms with Crippen molar-refractivity contribution in [3.63, 3.8) is 0 Å². The molecule has 0 saturated heterocycles. The first-order valence-corrected chi connectivity index (χ1v) is 5.85. The molecule has 2 aromatic rings. The molecule has 2 rings (SSSR count). The minimum atomic E-state index is -0.384. The van der Waals surface area contributed by atoms with Crippen LogP contribution in [-0.4, -0.2) is 0 Å². The summed E-state index contributed by atoms with van der Waals surface area (Å²) in [5.74, 6) is -0.766. The summed E-state index contributed by atoms with van der Waals surface area (Å²) in [4.78, 5) is 0. The third kappa shape index (κ3) is 2.67. The van der Waals surface area contributed by atoms with Gasteiger partial charge in [-0.3, -0.25) is 0 Å². The average Bonchev–Trinajstić information content (AvgIpc) is 2.35. The lowest BCUT2D eigenvalue weighted by atomic mass is 10.0. The van der Waals surface area contributed by atoms with Crippen LogP contribution < -0.4 is 5.32 Å². The maximum atomic E-state index is 13.8. The highest BCUT2D eigenvalue weighted by atomic mass is 19.1. The van der Waals surface area contributed by atoms with E-state index in [1.165, 1.54) is 12.1 Å². The Morgan fingerprint density at radius 1 is 1.00 bits per heavy atom. The zero-order valence-corrected chi connectivity index (χ0v) is 10.4. The van der Waals surface area contributed by atoms with E-state index in [0.717, 1.165) is 5.69 Å². The molecule has 3 heteroatoms. The Morgan fingerprint density at radius 3 is 2.33 bits per heavy atom. The van der Waals surface area contributed by atoms with Gasteiger partial charge in [-0.05, 0) is 43.7 Å². The monoisotopic (exact) mass is 247 g/mol. The summed E-state index contributed by atoms with van der Waals surface area (Å²) < 4.78 is 27.2. The van der Waals surface area contributed by atoms with Gasteiger partial charge < -0.3 is 5.32 Å². The molecule has 1 N–H and O–H groups in total. The van der Waals surface area contributed by atoms with Crippen LogP contribution in [0.3, 0.4) is 0 Å². The zero-order chi connectivity index (χ0) is 13.1. The smallest absolute Gasteiger partial charge is 0.128 e. The van der Waals surface area contributed by atoms with E-state index >= 15 is 0 Å². The average molecular weight is 247 g/mol. The molecule has 0 saturated carbocycles. The molecule has 0 amide bonds. The lowest BCUT2D eigenvalue weighted by Crippen LogP contribution is -2.09. The van der Waals surface area contributed by atoms with Crippen molar-refractivity contribution in [1.29, 1.82) is 0 Å². The molecule has 0 aliphatic rings. The number of benzene rings is 2. The molecule has 0 aliphatic carbocycles. The summed E-state index contributed by atoms with van der Waals surface area (Å²) in [6, 6.07) is 11.7. The van der Waals surface area contributed by atoms with E-state index in [1.54, 1.807) is 13.8 Å².